The monoisotopic (exact) mass is 307 g/mol. The highest BCUT2D eigenvalue weighted by molar-refractivity contribution is 5.63. The van der Waals surface area contributed by atoms with Crippen LogP contribution in [0.25, 0.3) is 22.8 Å². The first-order valence-corrected chi connectivity index (χ1v) is 6.08. The summed E-state index contributed by atoms with van der Waals surface area (Å²) < 4.78 is 40.2. The Kier molecular flexibility index (Phi) is 3.45. The number of tetrazole rings is 1. The number of aromatic nitrogens is 5. The van der Waals surface area contributed by atoms with E-state index in [0.29, 0.717) is 22.8 Å². The topological polar surface area (TPSA) is 76.6 Å². The highest BCUT2D eigenvalue weighted by Gasteiger charge is 2.30. The molecule has 0 aliphatic carbocycles. The summed E-state index contributed by atoms with van der Waals surface area (Å²) in [5, 5.41) is 13.4. The largest absolute Gasteiger partial charge is 0.573 e. The molecule has 1 aromatic carbocycles. The van der Waals surface area contributed by atoms with E-state index in [1.807, 2.05) is 0 Å². The number of ether oxygens (including phenoxy) is 1. The molecule has 0 bridgehead atoms. The second-order valence-electron chi connectivity index (χ2n) is 4.22. The number of aromatic amines is 1. The summed E-state index contributed by atoms with van der Waals surface area (Å²) in [4.78, 5) is 4.34. The average molecular weight is 307 g/mol. The van der Waals surface area contributed by atoms with Crippen LogP contribution in [0.2, 0.25) is 0 Å². The van der Waals surface area contributed by atoms with Crippen molar-refractivity contribution in [2.75, 3.05) is 0 Å². The van der Waals surface area contributed by atoms with Crippen molar-refractivity contribution < 1.29 is 17.9 Å². The van der Waals surface area contributed by atoms with Gasteiger partial charge in [0.25, 0.3) is 0 Å². The molecular weight excluding hydrogens is 299 g/mol. The molecule has 3 aromatic rings. The van der Waals surface area contributed by atoms with E-state index in [1.54, 1.807) is 18.2 Å². The number of alkyl halides is 3. The van der Waals surface area contributed by atoms with Crippen LogP contribution in [0.4, 0.5) is 13.2 Å². The summed E-state index contributed by atoms with van der Waals surface area (Å²) in [6.07, 6.45) is -4.71. The van der Waals surface area contributed by atoms with E-state index in [0.717, 1.165) is 0 Å². The van der Waals surface area contributed by atoms with Crippen LogP contribution in [0.1, 0.15) is 0 Å². The SMILES string of the molecule is FC(F)(F)Oc1ccc(-c2cccc(-c3nn[nH]n3)n2)cc1. The molecule has 0 amide bonds. The number of pyridine rings is 1. The third-order valence-corrected chi connectivity index (χ3v) is 2.71. The number of benzene rings is 1. The molecule has 0 saturated carbocycles. The van der Waals surface area contributed by atoms with Crippen LogP contribution in [0.5, 0.6) is 5.75 Å². The minimum atomic E-state index is -4.71. The predicted octanol–water partition coefficient (Wildman–Crippen LogP) is 2.83. The van der Waals surface area contributed by atoms with Crippen molar-refractivity contribution in [1.82, 2.24) is 25.6 Å². The molecule has 0 atom stereocenters. The van der Waals surface area contributed by atoms with E-state index in [2.05, 4.69) is 30.3 Å². The molecule has 2 aromatic heterocycles. The summed E-state index contributed by atoms with van der Waals surface area (Å²) >= 11 is 0. The Bertz CT molecular complexity index is 756. The van der Waals surface area contributed by atoms with Gasteiger partial charge in [-0.1, -0.05) is 6.07 Å². The molecule has 112 valence electrons. The summed E-state index contributed by atoms with van der Waals surface area (Å²) in [7, 11) is 0. The first-order chi connectivity index (χ1) is 10.5. The summed E-state index contributed by atoms with van der Waals surface area (Å²) in [5.74, 6) is 0.0458. The Labute approximate surface area is 122 Å². The van der Waals surface area contributed by atoms with Gasteiger partial charge in [-0.25, -0.2) is 4.98 Å². The van der Waals surface area contributed by atoms with Crippen LogP contribution in [-0.2, 0) is 0 Å². The lowest BCUT2D eigenvalue weighted by Crippen LogP contribution is -2.16. The summed E-state index contributed by atoms with van der Waals surface area (Å²) in [6, 6.07) is 10.6. The van der Waals surface area contributed by atoms with Crippen molar-refractivity contribution in [3.8, 4) is 28.5 Å². The van der Waals surface area contributed by atoms with Crippen LogP contribution in [0.15, 0.2) is 42.5 Å². The van der Waals surface area contributed by atoms with Gasteiger partial charge in [-0.3, -0.25) is 0 Å². The van der Waals surface area contributed by atoms with Gasteiger partial charge in [0.15, 0.2) is 0 Å². The zero-order valence-electron chi connectivity index (χ0n) is 10.9. The maximum atomic E-state index is 12.1. The smallest absolute Gasteiger partial charge is 0.406 e. The van der Waals surface area contributed by atoms with E-state index in [-0.39, 0.29) is 5.75 Å². The lowest BCUT2D eigenvalue weighted by molar-refractivity contribution is -0.274. The molecule has 0 saturated heterocycles. The van der Waals surface area contributed by atoms with E-state index in [9.17, 15) is 13.2 Å². The molecule has 22 heavy (non-hydrogen) atoms. The maximum absolute atomic E-state index is 12.1. The van der Waals surface area contributed by atoms with E-state index >= 15 is 0 Å². The number of halogens is 3. The van der Waals surface area contributed by atoms with Crippen LogP contribution in [0.3, 0.4) is 0 Å². The number of H-pyrrole nitrogens is 1. The zero-order chi connectivity index (χ0) is 15.6. The van der Waals surface area contributed by atoms with Crippen LogP contribution >= 0.6 is 0 Å². The van der Waals surface area contributed by atoms with Gasteiger partial charge in [-0.2, -0.15) is 5.21 Å². The number of nitrogens with zero attached hydrogens (tertiary/aromatic N) is 4. The Morgan fingerprint density at radius 2 is 1.68 bits per heavy atom. The first kappa shape index (κ1) is 14.0. The number of hydrogen-bond donors (Lipinski definition) is 1. The summed E-state index contributed by atoms with van der Waals surface area (Å²) in [6.45, 7) is 0. The number of hydrogen-bond acceptors (Lipinski definition) is 5. The van der Waals surface area contributed by atoms with Gasteiger partial charge < -0.3 is 4.74 Å². The van der Waals surface area contributed by atoms with Gasteiger partial charge in [0.05, 0.1) is 5.69 Å². The minimum Gasteiger partial charge on any atom is -0.406 e. The molecule has 0 unspecified atom stereocenters. The fourth-order valence-corrected chi connectivity index (χ4v) is 1.82. The fourth-order valence-electron chi connectivity index (χ4n) is 1.82. The van der Waals surface area contributed by atoms with E-state index in [4.69, 9.17) is 0 Å². The second-order valence-corrected chi connectivity index (χ2v) is 4.22. The van der Waals surface area contributed by atoms with Crippen molar-refractivity contribution in [3.63, 3.8) is 0 Å². The van der Waals surface area contributed by atoms with Crippen molar-refractivity contribution in [1.29, 1.82) is 0 Å². The third-order valence-electron chi connectivity index (χ3n) is 2.71. The molecule has 2 heterocycles. The summed E-state index contributed by atoms with van der Waals surface area (Å²) in [5.41, 5.74) is 1.71. The van der Waals surface area contributed by atoms with Gasteiger partial charge in [0.2, 0.25) is 5.82 Å². The molecule has 1 N–H and O–H groups in total. The van der Waals surface area contributed by atoms with Crippen molar-refractivity contribution in [3.05, 3.63) is 42.5 Å². The van der Waals surface area contributed by atoms with Gasteiger partial charge in [-0.05, 0) is 41.6 Å². The third kappa shape index (κ3) is 3.19. The van der Waals surface area contributed by atoms with Gasteiger partial charge >= 0.3 is 6.36 Å². The standard InChI is InChI=1S/C13H8F3N5O/c14-13(15,16)22-9-6-4-8(5-7-9)10-2-1-3-11(17-10)12-18-20-21-19-12/h1-7H,(H,18,19,20,21). The molecule has 0 fully saturated rings. The maximum Gasteiger partial charge on any atom is 0.573 e. The van der Waals surface area contributed by atoms with Gasteiger partial charge in [-0.15, -0.1) is 23.4 Å². The van der Waals surface area contributed by atoms with E-state index in [1.165, 1.54) is 24.3 Å². The Morgan fingerprint density at radius 1 is 0.955 bits per heavy atom. The predicted molar refractivity (Wildman–Crippen MR) is 69.5 cm³/mol. The Morgan fingerprint density at radius 3 is 2.32 bits per heavy atom. The quantitative estimate of drug-likeness (QED) is 0.805. The Hall–Kier alpha value is -2.97. The molecule has 6 nitrogen and oxygen atoms in total. The van der Waals surface area contributed by atoms with Crippen molar-refractivity contribution >= 4 is 0 Å². The average Bonchev–Trinajstić information content (AvgIpc) is 3.01. The number of rotatable bonds is 3. The molecule has 0 aliphatic rings. The van der Waals surface area contributed by atoms with Crippen LogP contribution < -0.4 is 4.74 Å². The van der Waals surface area contributed by atoms with E-state index < -0.39 is 6.36 Å². The molecule has 0 radical (unpaired) electrons. The van der Waals surface area contributed by atoms with Gasteiger partial charge in [0, 0.05) is 5.56 Å². The van der Waals surface area contributed by atoms with Crippen molar-refractivity contribution in [2.24, 2.45) is 0 Å². The zero-order valence-corrected chi connectivity index (χ0v) is 10.9. The highest BCUT2D eigenvalue weighted by Crippen LogP contribution is 2.26. The minimum absolute atomic E-state index is 0.287. The first-order valence-electron chi connectivity index (χ1n) is 6.08. The van der Waals surface area contributed by atoms with Crippen molar-refractivity contribution in [2.45, 2.75) is 6.36 Å². The highest BCUT2D eigenvalue weighted by atomic mass is 19.4. The van der Waals surface area contributed by atoms with Crippen LogP contribution in [-0.4, -0.2) is 32.0 Å². The molecule has 0 spiro atoms. The lowest BCUT2D eigenvalue weighted by atomic mass is 10.1. The molecule has 3 rings (SSSR count). The molecular formula is C13H8F3N5O. The lowest BCUT2D eigenvalue weighted by Gasteiger charge is -2.09. The fraction of sp³-hybridized carbons (Fsp3) is 0.0769. The molecule has 0 aliphatic heterocycles. The Balaban J connectivity index is 1.87. The number of nitrogens with one attached hydrogen (secondary N) is 1. The van der Waals surface area contributed by atoms with Crippen LogP contribution in [0, 0.1) is 0 Å². The molecule has 9 heteroatoms. The normalized spacial score (nSPS) is 11.4. The van der Waals surface area contributed by atoms with Gasteiger partial charge in [0.1, 0.15) is 11.4 Å². The second kappa shape index (κ2) is 5.43.